The molecule has 0 radical (unpaired) electrons. The van der Waals surface area contributed by atoms with Gasteiger partial charge in [0.2, 0.25) is 0 Å². The molecule has 0 saturated carbocycles. The first-order valence-electron chi connectivity index (χ1n) is 8.06. The van der Waals surface area contributed by atoms with E-state index in [1.807, 2.05) is 0 Å². The molecule has 1 amide bonds. The van der Waals surface area contributed by atoms with Crippen LogP contribution < -0.4 is 9.47 Å². The predicted molar refractivity (Wildman–Crippen MR) is 110 cm³/mol. The molecule has 3 rings (SSSR count). The van der Waals surface area contributed by atoms with Gasteiger partial charge in [-0.1, -0.05) is 36.1 Å². The maximum atomic E-state index is 11.7. The molecule has 28 heavy (non-hydrogen) atoms. The van der Waals surface area contributed by atoms with E-state index in [4.69, 9.17) is 21.7 Å². The Morgan fingerprint density at radius 3 is 2.82 bits per heavy atom. The van der Waals surface area contributed by atoms with Crippen LogP contribution in [-0.4, -0.2) is 39.2 Å². The first-order chi connectivity index (χ1) is 13.5. The monoisotopic (exact) mass is 417 g/mol. The average molecular weight is 417 g/mol. The lowest BCUT2D eigenvalue weighted by atomic mass is 10.2. The Kier molecular flexibility index (Phi) is 6.22. The third kappa shape index (κ3) is 4.65. The molecule has 1 aliphatic heterocycles. The zero-order valence-corrected chi connectivity index (χ0v) is 16.4. The molecule has 1 fully saturated rings. The van der Waals surface area contributed by atoms with Gasteiger partial charge in [-0.15, -0.1) is 0 Å². The van der Waals surface area contributed by atoms with Crippen LogP contribution in [0.3, 0.4) is 0 Å². The van der Waals surface area contributed by atoms with Crippen LogP contribution in [0.25, 0.3) is 0 Å². The molecule has 1 heterocycles. The summed E-state index contributed by atoms with van der Waals surface area (Å²) in [6, 6.07) is 11.4. The molecule has 2 aromatic rings. The van der Waals surface area contributed by atoms with Gasteiger partial charge in [0, 0.05) is 12.1 Å². The van der Waals surface area contributed by atoms with Crippen molar-refractivity contribution in [2.24, 2.45) is 5.10 Å². The summed E-state index contributed by atoms with van der Waals surface area (Å²) in [5.74, 6) is 1.09. The highest BCUT2D eigenvalue weighted by Gasteiger charge is 2.25. The van der Waals surface area contributed by atoms with Gasteiger partial charge in [-0.2, -0.15) is 10.1 Å². The summed E-state index contributed by atoms with van der Waals surface area (Å²) in [4.78, 5) is 22.1. The van der Waals surface area contributed by atoms with Crippen molar-refractivity contribution >= 4 is 46.1 Å². The molecule has 0 atom stereocenters. The van der Waals surface area contributed by atoms with Crippen molar-refractivity contribution in [2.45, 2.75) is 6.61 Å². The number of methoxy groups -OCH3 is 1. The van der Waals surface area contributed by atoms with E-state index in [9.17, 15) is 14.9 Å². The van der Waals surface area contributed by atoms with Gasteiger partial charge in [0.25, 0.3) is 11.6 Å². The standard InChI is InChI=1S/C18H15N3O5S2/c1-25-16-8-12(9-19-20-17(22)11-28-18(20)27)5-6-15(16)26-10-13-3-2-4-14(7-13)21(23)24/h2-9H,10-11H2,1H3/b19-9+. The Morgan fingerprint density at radius 2 is 2.14 bits per heavy atom. The smallest absolute Gasteiger partial charge is 0.269 e. The molecule has 0 unspecified atom stereocenters. The number of benzene rings is 2. The van der Waals surface area contributed by atoms with Crippen molar-refractivity contribution in [1.82, 2.24) is 5.01 Å². The summed E-state index contributed by atoms with van der Waals surface area (Å²) in [5.41, 5.74) is 1.37. The van der Waals surface area contributed by atoms with E-state index >= 15 is 0 Å². The van der Waals surface area contributed by atoms with Crippen LogP contribution in [0.1, 0.15) is 11.1 Å². The van der Waals surface area contributed by atoms with E-state index in [0.29, 0.717) is 32.7 Å². The Bertz CT molecular complexity index is 948. The van der Waals surface area contributed by atoms with Gasteiger partial charge < -0.3 is 9.47 Å². The van der Waals surface area contributed by atoms with Crippen molar-refractivity contribution in [1.29, 1.82) is 0 Å². The van der Waals surface area contributed by atoms with Gasteiger partial charge in [-0.3, -0.25) is 14.9 Å². The summed E-state index contributed by atoms with van der Waals surface area (Å²) in [6.07, 6.45) is 1.52. The number of hydrogen-bond acceptors (Lipinski definition) is 8. The fourth-order valence-electron chi connectivity index (χ4n) is 2.39. The normalized spacial score (nSPS) is 14.0. The molecule has 10 heteroatoms. The van der Waals surface area contributed by atoms with Crippen LogP contribution in [0, 0.1) is 10.1 Å². The third-order valence-electron chi connectivity index (χ3n) is 3.75. The number of nitro benzene ring substituents is 1. The van der Waals surface area contributed by atoms with E-state index in [2.05, 4.69) is 5.10 Å². The second-order valence-corrected chi connectivity index (χ2v) is 7.24. The lowest BCUT2D eigenvalue weighted by Gasteiger charge is -2.12. The maximum absolute atomic E-state index is 11.7. The summed E-state index contributed by atoms with van der Waals surface area (Å²) in [6.45, 7) is 0.152. The fourth-order valence-corrected chi connectivity index (χ4v) is 3.35. The van der Waals surface area contributed by atoms with Crippen LogP contribution in [0.4, 0.5) is 5.69 Å². The molecule has 0 spiro atoms. The lowest BCUT2D eigenvalue weighted by Crippen LogP contribution is -2.22. The summed E-state index contributed by atoms with van der Waals surface area (Å²) in [5, 5.41) is 16.2. The molecular formula is C18H15N3O5S2. The summed E-state index contributed by atoms with van der Waals surface area (Å²) >= 11 is 6.35. The number of rotatable bonds is 7. The van der Waals surface area contributed by atoms with E-state index in [1.165, 1.54) is 42.2 Å². The number of non-ortho nitro benzene ring substituents is 1. The first kappa shape index (κ1) is 19.8. The predicted octanol–water partition coefficient (Wildman–Crippen LogP) is 3.38. The van der Waals surface area contributed by atoms with Crippen LogP contribution in [0.5, 0.6) is 11.5 Å². The van der Waals surface area contributed by atoms with E-state index in [1.54, 1.807) is 30.3 Å². The molecule has 1 aliphatic rings. The number of hydrogen-bond donors (Lipinski definition) is 0. The van der Waals surface area contributed by atoms with E-state index in [-0.39, 0.29) is 18.2 Å². The number of ether oxygens (including phenoxy) is 2. The molecule has 2 aromatic carbocycles. The topological polar surface area (TPSA) is 94.3 Å². The van der Waals surface area contributed by atoms with E-state index < -0.39 is 4.92 Å². The van der Waals surface area contributed by atoms with Crippen LogP contribution >= 0.6 is 24.0 Å². The van der Waals surface area contributed by atoms with Crippen LogP contribution in [0.2, 0.25) is 0 Å². The van der Waals surface area contributed by atoms with Crippen molar-refractivity contribution in [3.63, 3.8) is 0 Å². The molecular weight excluding hydrogens is 402 g/mol. The van der Waals surface area contributed by atoms with Crippen molar-refractivity contribution in [3.8, 4) is 11.5 Å². The highest BCUT2D eigenvalue weighted by molar-refractivity contribution is 8.23. The van der Waals surface area contributed by atoms with Gasteiger partial charge in [0.05, 0.1) is 24.0 Å². The molecule has 0 aliphatic carbocycles. The maximum Gasteiger partial charge on any atom is 0.269 e. The number of hydrazone groups is 1. The number of amides is 1. The van der Waals surface area contributed by atoms with Crippen molar-refractivity contribution < 1.29 is 19.2 Å². The zero-order valence-electron chi connectivity index (χ0n) is 14.7. The number of thiocarbonyl (C=S) groups is 1. The Balaban J connectivity index is 1.71. The molecule has 0 N–H and O–H groups in total. The highest BCUT2D eigenvalue weighted by atomic mass is 32.2. The van der Waals surface area contributed by atoms with Crippen molar-refractivity contribution in [3.05, 3.63) is 63.7 Å². The number of thioether (sulfide) groups is 1. The summed E-state index contributed by atoms with van der Waals surface area (Å²) in [7, 11) is 1.51. The fraction of sp³-hybridized carbons (Fsp3) is 0.167. The average Bonchev–Trinajstić information content (AvgIpc) is 3.02. The number of carbonyl (C=O) groups excluding carboxylic acids is 1. The van der Waals surface area contributed by atoms with Gasteiger partial charge in [-0.05, 0) is 29.3 Å². The molecule has 1 saturated heterocycles. The van der Waals surface area contributed by atoms with Gasteiger partial charge in [0.1, 0.15) is 6.61 Å². The second kappa shape index (κ2) is 8.81. The molecule has 8 nitrogen and oxygen atoms in total. The minimum absolute atomic E-state index is 0.00663. The minimum atomic E-state index is -0.451. The number of nitro groups is 1. The number of nitrogens with zero attached hydrogens (tertiary/aromatic N) is 3. The minimum Gasteiger partial charge on any atom is -0.493 e. The Hall–Kier alpha value is -2.98. The quantitative estimate of drug-likeness (QED) is 0.295. The SMILES string of the molecule is COc1cc(/C=N/N2C(=O)CSC2=S)ccc1OCc1cccc([N+](=O)[O-])c1. The van der Waals surface area contributed by atoms with E-state index in [0.717, 1.165) is 0 Å². The largest absolute Gasteiger partial charge is 0.493 e. The van der Waals surface area contributed by atoms with Crippen LogP contribution in [-0.2, 0) is 11.4 Å². The first-order valence-corrected chi connectivity index (χ1v) is 9.45. The lowest BCUT2D eigenvalue weighted by molar-refractivity contribution is -0.384. The Morgan fingerprint density at radius 1 is 1.32 bits per heavy atom. The van der Waals surface area contributed by atoms with Crippen LogP contribution in [0.15, 0.2) is 47.6 Å². The van der Waals surface area contributed by atoms with Gasteiger partial charge in [-0.25, -0.2) is 0 Å². The molecule has 0 aromatic heterocycles. The number of carbonyl (C=O) groups is 1. The molecule has 0 bridgehead atoms. The summed E-state index contributed by atoms with van der Waals surface area (Å²) < 4.78 is 11.5. The Labute approximate surface area is 170 Å². The third-order valence-corrected chi connectivity index (χ3v) is 5.09. The highest BCUT2D eigenvalue weighted by Crippen LogP contribution is 2.29. The second-order valence-electron chi connectivity index (χ2n) is 5.63. The zero-order chi connectivity index (χ0) is 20.1. The van der Waals surface area contributed by atoms with Gasteiger partial charge in [0.15, 0.2) is 15.8 Å². The van der Waals surface area contributed by atoms with Gasteiger partial charge >= 0.3 is 0 Å². The van der Waals surface area contributed by atoms with Crippen molar-refractivity contribution in [2.75, 3.05) is 12.9 Å². The molecule has 144 valence electrons.